The number of halogens is 8. The van der Waals surface area contributed by atoms with Gasteiger partial charge in [0.15, 0.2) is 5.17 Å². The summed E-state index contributed by atoms with van der Waals surface area (Å²) in [5, 5.41) is 0.0298. The van der Waals surface area contributed by atoms with Gasteiger partial charge in [-0.05, 0) is 30.3 Å². The van der Waals surface area contributed by atoms with Gasteiger partial charge in [-0.25, -0.2) is 14.1 Å². The Labute approximate surface area is 197 Å². The van der Waals surface area contributed by atoms with Crippen molar-refractivity contribution in [2.45, 2.75) is 30.3 Å². The van der Waals surface area contributed by atoms with Crippen LogP contribution in [-0.2, 0) is 0 Å². The highest BCUT2D eigenvalue weighted by molar-refractivity contribution is 8.15. The molecule has 0 radical (unpaired) electrons. The van der Waals surface area contributed by atoms with Gasteiger partial charge in [0, 0.05) is 5.25 Å². The van der Waals surface area contributed by atoms with Gasteiger partial charge in [-0.3, -0.25) is 10.3 Å². The zero-order chi connectivity index (χ0) is 25.3. The molecule has 0 bridgehead atoms. The highest BCUT2D eigenvalue weighted by atomic mass is 35.5. The third-order valence-corrected chi connectivity index (χ3v) is 5.81. The second-order valence-corrected chi connectivity index (χ2v) is 8.82. The van der Waals surface area contributed by atoms with Crippen molar-refractivity contribution in [2.24, 2.45) is 4.99 Å². The van der Waals surface area contributed by atoms with Gasteiger partial charge >= 0.3 is 24.1 Å². The Bertz CT molecular complexity index is 1070. The van der Waals surface area contributed by atoms with Crippen molar-refractivity contribution in [1.82, 2.24) is 5.32 Å². The highest BCUT2D eigenvalue weighted by Crippen LogP contribution is 2.45. The average molecular weight is 530 g/mol. The van der Waals surface area contributed by atoms with Gasteiger partial charge in [0.25, 0.3) is 0 Å². The third kappa shape index (κ3) is 5.19. The third-order valence-electron chi connectivity index (χ3n) is 4.44. The van der Waals surface area contributed by atoms with E-state index in [9.17, 15) is 35.5 Å². The van der Waals surface area contributed by atoms with Crippen LogP contribution in [0.25, 0.3) is 0 Å². The highest BCUT2D eigenvalue weighted by Gasteiger charge is 2.75. The minimum atomic E-state index is -6.14. The maximum absolute atomic E-state index is 14.0. The topological polar surface area (TPSA) is 53.9 Å². The van der Waals surface area contributed by atoms with E-state index in [4.69, 9.17) is 11.6 Å². The second kappa shape index (κ2) is 9.53. The number of urea groups is 1. The number of thioether (sulfide) groups is 1. The molecule has 2 aromatic rings. The molecule has 1 aliphatic rings. The lowest BCUT2D eigenvalue weighted by atomic mass is 10.2. The zero-order valence-electron chi connectivity index (χ0n) is 17.0. The summed E-state index contributed by atoms with van der Waals surface area (Å²) in [5.74, 6) is -1.71. The van der Waals surface area contributed by atoms with Crippen LogP contribution in [0.3, 0.4) is 0 Å². The first-order valence-electron chi connectivity index (χ1n) is 9.41. The van der Waals surface area contributed by atoms with Crippen molar-refractivity contribution in [3.05, 3.63) is 59.4 Å². The SMILES string of the molecule is C[C@@H]1CN=C(N(C(=O)NC(Oc2ccccc2)(C(F)(F)F)C(F)(F)F)c2ccc(F)c(Cl)c2)S1. The number of nitrogens with zero attached hydrogens (tertiary/aromatic N) is 2. The summed E-state index contributed by atoms with van der Waals surface area (Å²) in [4.78, 5) is 17.5. The molecule has 1 N–H and O–H groups in total. The van der Waals surface area contributed by atoms with Crippen molar-refractivity contribution in [2.75, 3.05) is 11.4 Å². The number of amides is 2. The quantitative estimate of drug-likeness (QED) is 0.369. The van der Waals surface area contributed by atoms with Crippen LogP contribution in [0.15, 0.2) is 53.5 Å². The Morgan fingerprint density at radius 1 is 1.12 bits per heavy atom. The number of nitrogens with one attached hydrogen (secondary N) is 1. The van der Waals surface area contributed by atoms with E-state index < -0.39 is 40.7 Å². The fourth-order valence-electron chi connectivity index (χ4n) is 2.84. The number of para-hydroxylation sites is 1. The maximum atomic E-state index is 14.0. The summed E-state index contributed by atoms with van der Waals surface area (Å²) < 4.78 is 102. The molecule has 0 fully saturated rings. The van der Waals surface area contributed by atoms with Gasteiger partial charge in [-0.15, -0.1) is 0 Å². The van der Waals surface area contributed by atoms with Crippen LogP contribution in [0.5, 0.6) is 5.75 Å². The molecule has 0 saturated carbocycles. The summed E-state index contributed by atoms with van der Waals surface area (Å²) in [6.07, 6.45) is -12.3. The normalized spacial score (nSPS) is 16.7. The Hall–Kier alpha value is -2.67. The molecule has 5 nitrogen and oxygen atoms in total. The molecule has 1 heterocycles. The molecular weight excluding hydrogens is 515 g/mol. The molecule has 0 saturated heterocycles. The molecule has 2 aromatic carbocycles. The first-order valence-corrected chi connectivity index (χ1v) is 10.7. The molecule has 3 rings (SSSR count). The minimum Gasteiger partial charge on any atom is -0.451 e. The van der Waals surface area contributed by atoms with E-state index in [1.54, 1.807) is 6.92 Å². The lowest BCUT2D eigenvalue weighted by Crippen LogP contribution is -2.72. The van der Waals surface area contributed by atoms with Gasteiger partial charge in [0.2, 0.25) is 0 Å². The number of anilines is 1. The van der Waals surface area contributed by atoms with E-state index in [0.29, 0.717) is 4.90 Å². The van der Waals surface area contributed by atoms with Crippen LogP contribution >= 0.6 is 23.4 Å². The van der Waals surface area contributed by atoms with Gasteiger partial charge in [-0.1, -0.05) is 48.5 Å². The molecule has 1 atom stereocenters. The van der Waals surface area contributed by atoms with E-state index in [1.807, 2.05) is 0 Å². The van der Waals surface area contributed by atoms with Crippen molar-refractivity contribution >= 4 is 40.2 Å². The summed E-state index contributed by atoms with van der Waals surface area (Å²) >= 11 is 6.65. The van der Waals surface area contributed by atoms with Crippen LogP contribution in [-0.4, -0.2) is 41.1 Å². The van der Waals surface area contributed by atoms with Crippen LogP contribution in [0, 0.1) is 5.82 Å². The minimum absolute atomic E-state index is 0.142. The lowest BCUT2D eigenvalue weighted by molar-refractivity contribution is -0.364. The monoisotopic (exact) mass is 529 g/mol. The Kier molecular flexibility index (Phi) is 7.27. The molecule has 2 amide bonds. The smallest absolute Gasteiger partial charge is 0.451 e. The predicted molar refractivity (Wildman–Crippen MR) is 114 cm³/mol. The van der Waals surface area contributed by atoms with E-state index in [1.165, 1.54) is 6.07 Å². The Balaban J connectivity index is 2.09. The molecule has 14 heteroatoms. The summed E-state index contributed by atoms with van der Waals surface area (Å²) in [5.41, 5.74) is -5.42. The van der Waals surface area contributed by atoms with Crippen molar-refractivity contribution in [3.63, 3.8) is 0 Å². The fraction of sp³-hybridized carbons (Fsp3) is 0.300. The Morgan fingerprint density at radius 2 is 1.74 bits per heavy atom. The Morgan fingerprint density at radius 3 is 2.24 bits per heavy atom. The fourth-order valence-corrected chi connectivity index (χ4v) is 3.97. The van der Waals surface area contributed by atoms with Crippen LogP contribution in [0.4, 0.5) is 41.2 Å². The standard InChI is InChI=1S/C20H15ClF7N3O2S/c1-11-10-29-17(34-11)31(12-7-8-15(22)14(21)9-12)16(32)30-18(19(23,24)25,20(26,27)28)33-13-5-3-2-4-6-13/h2-9,11H,10H2,1H3,(H,30,32)/t11-/m1/s1. The average Bonchev–Trinajstić information content (AvgIpc) is 3.15. The van der Waals surface area contributed by atoms with E-state index >= 15 is 0 Å². The maximum Gasteiger partial charge on any atom is 0.458 e. The number of hydrogen-bond acceptors (Lipinski definition) is 4. The van der Waals surface area contributed by atoms with Crippen molar-refractivity contribution in [1.29, 1.82) is 0 Å². The van der Waals surface area contributed by atoms with Crippen LogP contribution in [0.2, 0.25) is 5.02 Å². The molecule has 0 unspecified atom stereocenters. The predicted octanol–water partition coefficient (Wildman–Crippen LogP) is 6.39. The number of aliphatic imine (C=N–C) groups is 1. The zero-order valence-corrected chi connectivity index (χ0v) is 18.6. The van der Waals surface area contributed by atoms with Gasteiger partial charge < -0.3 is 4.74 Å². The number of alkyl halides is 6. The van der Waals surface area contributed by atoms with E-state index in [-0.39, 0.29) is 22.6 Å². The molecule has 0 aliphatic carbocycles. The number of ether oxygens (including phenoxy) is 1. The number of amidine groups is 1. The van der Waals surface area contributed by atoms with Crippen molar-refractivity contribution < 1.29 is 40.3 Å². The first-order chi connectivity index (χ1) is 15.7. The van der Waals surface area contributed by atoms with E-state index in [0.717, 1.165) is 59.5 Å². The molecule has 0 spiro atoms. The number of benzene rings is 2. The largest absolute Gasteiger partial charge is 0.458 e. The first kappa shape index (κ1) is 25.9. The molecule has 1 aliphatic heterocycles. The van der Waals surface area contributed by atoms with E-state index in [2.05, 4.69) is 9.73 Å². The van der Waals surface area contributed by atoms with Gasteiger partial charge in [0.05, 0.1) is 17.3 Å². The van der Waals surface area contributed by atoms with Crippen LogP contribution < -0.4 is 15.0 Å². The summed E-state index contributed by atoms with van der Waals surface area (Å²) in [6, 6.07) is 6.20. The second-order valence-electron chi connectivity index (χ2n) is 7.01. The number of carbonyl (C=O) groups is 1. The van der Waals surface area contributed by atoms with Gasteiger partial charge in [-0.2, -0.15) is 26.3 Å². The van der Waals surface area contributed by atoms with Gasteiger partial charge in [0.1, 0.15) is 11.6 Å². The molecule has 184 valence electrons. The summed E-state index contributed by atoms with van der Waals surface area (Å²) in [7, 11) is 0. The molecule has 0 aromatic heterocycles. The number of carbonyl (C=O) groups excluding carboxylic acids is 1. The number of hydrogen-bond donors (Lipinski definition) is 1. The van der Waals surface area contributed by atoms with Crippen LogP contribution in [0.1, 0.15) is 6.92 Å². The molecule has 34 heavy (non-hydrogen) atoms. The summed E-state index contributed by atoms with van der Waals surface area (Å²) in [6.45, 7) is 1.83. The molecular formula is C20H15ClF7N3O2S. The number of rotatable bonds is 4. The lowest BCUT2D eigenvalue weighted by Gasteiger charge is -2.38. The van der Waals surface area contributed by atoms with Crippen molar-refractivity contribution in [3.8, 4) is 5.75 Å².